The minimum atomic E-state index is -2.87. The lowest BCUT2D eigenvalue weighted by molar-refractivity contribution is 0.429. The first-order chi connectivity index (χ1) is 7.10. The first-order valence-electron chi connectivity index (χ1n) is 6.09. The standard InChI is InChI=1S/C11H21NO2S/c12-9-4-3-7-11(8-9)15(13,14)10-5-1-2-6-10/h9-11H,1-8,12H2. The lowest BCUT2D eigenvalue weighted by Gasteiger charge is -2.28. The SMILES string of the molecule is NC1CCCC(S(=O)(=O)C2CCCC2)C1. The molecule has 0 aliphatic heterocycles. The zero-order valence-electron chi connectivity index (χ0n) is 9.19. The fourth-order valence-electron chi connectivity index (χ4n) is 2.97. The maximum absolute atomic E-state index is 12.3. The molecule has 2 aliphatic carbocycles. The van der Waals surface area contributed by atoms with Crippen LogP contribution in [0.3, 0.4) is 0 Å². The van der Waals surface area contributed by atoms with Gasteiger partial charge < -0.3 is 5.73 Å². The lowest BCUT2D eigenvalue weighted by Crippen LogP contribution is -2.39. The van der Waals surface area contributed by atoms with Crippen molar-refractivity contribution < 1.29 is 8.42 Å². The van der Waals surface area contributed by atoms with Crippen LogP contribution in [0, 0.1) is 0 Å². The maximum Gasteiger partial charge on any atom is 0.156 e. The van der Waals surface area contributed by atoms with E-state index >= 15 is 0 Å². The zero-order valence-corrected chi connectivity index (χ0v) is 10.0. The van der Waals surface area contributed by atoms with Gasteiger partial charge in [-0.1, -0.05) is 19.3 Å². The Bertz CT molecular complexity index is 307. The van der Waals surface area contributed by atoms with Gasteiger partial charge in [-0.2, -0.15) is 0 Å². The molecule has 0 heterocycles. The van der Waals surface area contributed by atoms with Gasteiger partial charge in [0.15, 0.2) is 9.84 Å². The Hall–Kier alpha value is -0.0900. The second kappa shape index (κ2) is 4.42. The van der Waals surface area contributed by atoms with E-state index < -0.39 is 9.84 Å². The third-order valence-electron chi connectivity index (χ3n) is 3.90. The Morgan fingerprint density at radius 3 is 2.07 bits per heavy atom. The molecule has 4 heteroatoms. The van der Waals surface area contributed by atoms with E-state index in [-0.39, 0.29) is 16.5 Å². The second-order valence-corrected chi connectivity index (χ2v) is 7.56. The van der Waals surface area contributed by atoms with Gasteiger partial charge in [0.05, 0.1) is 10.5 Å². The highest BCUT2D eigenvalue weighted by Crippen LogP contribution is 2.32. The molecule has 2 fully saturated rings. The van der Waals surface area contributed by atoms with Gasteiger partial charge in [0, 0.05) is 6.04 Å². The van der Waals surface area contributed by atoms with Gasteiger partial charge in [0.25, 0.3) is 0 Å². The normalized spacial score (nSPS) is 34.5. The van der Waals surface area contributed by atoms with Gasteiger partial charge in [-0.15, -0.1) is 0 Å². The highest BCUT2D eigenvalue weighted by molar-refractivity contribution is 7.92. The quantitative estimate of drug-likeness (QED) is 0.785. The smallest absolute Gasteiger partial charge is 0.156 e. The molecule has 0 radical (unpaired) electrons. The van der Waals surface area contributed by atoms with E-state index in [4.69, 9.17) is 5.73 Å². The molecule has 2 rings (SSSR count). The van der Waals surface area contributed by atoms with Crippen molar-refractivity contribution in [2.75, 3.05) is 0 Å². The third-order valence-corrected chi connectivity index (χ3v) is 6.66. The van der Waals surface area contributed by atoms with Crippen LogP contribution >= 0.6 is 0 Å². The predicted molar refractivity (Wildman–Crippen MR) is 61.4 cm³/mol. The summed E-state index contributed by atoms with van der Waals surface area (Å²) in [7, 11) is -2.87. The van der Waals surface area contributed by atoms with E-state index in [1.54, 1.807) is 0 Å². The van der Waals surface area contributed by atoms with Crippen molar-refractivity contribution in [3.05, 3.63) is 0 Å². The van der Waals surface area contributed by atoms with Crippen molar-refractivity contribution in [1.29, 1.82) is 0 Å². The van der Waals surface area contributed by atoms with Gasteiger partial charge in [-0.05, 0) is 32.1 Å². The van der Waals surface area contributed by atoms with E-state index in [0.717, 1.165) is 44.9 Å². The van der Waals surface area contributed by atoms with Crippen molar-refractivity contribution in [3.63, 3.8) is 0 Å². The van der Waals surface area contributed by atoms with E-state index in [0.29, 0.717) is 6.42 Å². The monoisotopic (exact) mass is 231 g/mol. The summed E-state index contributed by atoms with van der Waals surface area (Å²) < 4.78 is 24.6. The molecule has 2 N–H and O–H groups in total. The van der Waals surface area contributed by atoms with Crippen LogP contribution in [0.5, 0.6) is 0 Å². The summed E-state index contributed by atoms with van der Waals surface area (Å²) in [6, 6.07) is 0.111. The Labute approximate surface area is 92.3 Å². The Morgan fingerprint density at radius 1 is 0.867 bits per heavy atom. The van der Waals surface area contributed by atoms with Gasteiger partial charge >= 0.3 is 0 Å². The van der Waals surface area contributed by atoms with E-state index in [1.165, 1.54) is 0 Å². The fraction of sp³-hybridized carbons (Fsp3) is 1.00. The highest BCUT2D eigenvalue weighted by Gasteiger charge is 2.37. The van der Waals surface area contributed by atoms with Crippen molar-refractivity contribution >= 4 is 9.84 Å². The maximum atomic E-state index is 12.3. The number of nitrogens with two attached hydrogens (primary N) is 1. The summed E-state index contributed by atoms with van der Waals surface area (Å²) in [4.78, 5) is 0. The largest absolute Gasteiger partial charge is 0.328 e. The number of hydrogen-bond donors (Lipinski definition) is 1. The average Bonchev–Trinajstić information content (AvgIpc) is 2.71. The zero-order chi connectivity index (χ0) is 10.9. The third kappa shape index (κ3) is 2.36. The minimum Gasteiger partial charge on any atom is -0.328 e. The van der Waals surface area contributed by atoms with Gasteiger partial charge in [0.2, 0.25) is 0 Å². The molecule has 0 aromatic heterocycles. The Morgan fingerprint density at radius 2 is 1.47 bits per heavy atom. The molecular formula is C11H21NO2S. The van der Waals surface area contributed by atoms with Crippen LogP contribution in [-0.4, -0.2) is 25.0 Å². The van der Waals surface area contributed by atoms with Crippen molar-refractivity contribution in [2.45, 2.75) is 67.9 Å². The summed E-state index contributed by atoms with van der Waals surface area (Å²) in [6.07, 6.45) is 7.45. The molecule has 0 aromatic carbocycles. The van der Waals surface area contributed by atoms with E-state index in [9.17, 15) is 8.42 Å². The summed E-state index contributed by atoms with van der Waals surface area (Å²) in [5.41, 5.74) is 5.86. The predicted octanol–water partition coefficient (Wildman–Crippen LogP) is 1.61. The van der Waals surface area contributed by atoms with Crippen molar-refractivity contribution in [3.8, 4) is 0 Å². The molecule has 2 atom stereocenters. The molecule has 2 aliphatic rings. The van der Waals surface area contributed by atoms with Gasteiger partial charge in [-0.3, -0.25) is 0 Å². The summed E-state index contributed by atoms with van der Waals surface area (Å²) in [5.74, 6) is 0. The second-order valence-electron chi connectivity index (χ2n) is 5.04. The number of rotatable bonds is 2. The fourth-order valence-corrected chi connectivity index (χ4v) is 5.51. The van der Waals surface area contributed by atoms with Crippen LogP contribution in [0.2, 0.25) is 0 Å². The molecule has 0 spiro atoms. The van der Waals surface area contributed by atoms with E-state index in [2.05, 4.69) is 0 Å². The number of sulfone groups is 1. The number of hydrogen-bond acceptors (Lipinski definition) is 3. The lowest BCUT2D eigenvalue weighted by atomic mass is 9.96. The van der Waals surface area contributed by atoms with Crippen molar-refractivity contribution in [2.24, 2.45) is 5.73 Å². The molecule has 0 bridgehead atoms. The molecule has 2 saturated carbocycles. The molecule has 0 amide bonds. The molecule has 0 aromatic rings. The van der Waals surface area contributed by atoms with E-state index in [1.807, 2.05) is 0 Å². The first-order valence-corrected chi connectivity index (χ1v) is 7.70. The molecule has 2 unspecified atom stereocenters. The minimum absolute atomic E-state index is 0.0483. The van der Waals surface area contributed by atoms with Gasteiger partial charge in [-0.25, -0.2) is 8.42 Å². The first kappa shape index (κ1) is 11.4. The Kier molecular flexibility index (Phi) is 3.36. The molecular weight excluding hydrogens is 210 g/mol. The topological polar surface area (TPSA) is 60.2 Å². The molecule has 15 heavy (non-hydrogen) atoms. The van der Waals surface area contributed by atoms with Crippen LogP contribution in [0.1, 0.15) is 51.4 Å². The van der Waals surface area contributed by atoms with Crippen molar-refractivity contribution in [1.82, 2.24) is 0 Å². The highest BCUT2D eigenvalue weighted by atomic mass is 32.2. The van der Waals surface area contributed by atoms with Crippen LogP contribution in [0.15, 0.2) is 0 Å². The van der Waals surface area contributed by atoms with Crippen LogP contribution in [0.4, 0.5) is 0 Å². The Balaban J connectivity index is 2.07. The summed E-state index contributed by atoms with van der Waals surface area (Å²) >= 11 is 0. The molecule has 88 valence electrons. The molecule has 3 nitrogen and oxygen atoms in total. The van der Waals surface area contributed by atoms with Gasteiger partial charge in [0.1, 0.15) is 0 Å². The average molecular weight is 231 g/mol. The van der Waals surface area contributed by atoms with Crippen LogP contribution in [0.25, 0.3) is 0 Å². The summed E-state index contributed by atoms with van der Waals surface area (Å²) in [6.45, 7) is 0. The van der Waals surface area contributed by atoms with Crippen LogP contribution in [-0.2, 0) is 9.84 Å². The molecule has 0 saturated heterocycles. The van der Waals surface area contributed by atoms with Crippen LogP contribution < -0.4 is 5.73 Å². The summed E-state index contributed by atoms with van der Waals surface area (Å²) in [5, 5.41) is -0.183.